The normalized spacial score (nSPS) is 10.7. The molecular weight excluding hydrogens is 284 g/mol. The Hall–Kier alpha value is -0.420. The molecule has 0 amide bonds. The third-order valence-electron chi connectivity index (χ3n) is 2.17. The smallest absolute Gasteiger partial charge is 0.0717 e. The molecule has 1 rings (SSSR count). The first-order valence-corrected chi connectivity index (χ1v) is 6.51. The number of benzene rings is 1. The highest BCUT2D eigenvalue weighted by molar-refractivity contribution is 9.10. The van der Waals surface area contributed by atoms with Crippen molar-refractivity contribution in [3.63, 3.8) is 0 Å². The van der Waals surface area contributed by atoms with Crippen molar-refractivity contribution in [1.82, 2.24) is 0 Å². The molecule has 1 aromatic rings. The molecule has 0 fully saturated rings. The molecular formula is C13H19BrO3. The second-order valence-electron chi connectivity index (χ2n) is 3.64. The van der Waals surface area contributed by atoms with Crippen LogP contribution in [0, 0.1) is 0 Å². The van der Waals surface area contributed by atoms with Crippen molar-refractivity contribution in [2.45, 2.75) is 13.0 Å². The van der Waals surface area contributed by atoms with Crippen LogP contribution in [0.15, 0.2) is 28.7 Å². The molecule has 0 aliphatic heterocycles. The Morgan fingerprint density at radius 3 is 2.65 bits per heavy atom. The minimum Gasteiger partial charge on any atom is -0.382 e. The summed E-state index contributed by atoms with van der Waals surface area (Å²) in [5.74, 6) is 0. The van der Waals surface area contributed by atoms with Gasteiger partial charge in [-0.25, -0.2) is 0 Å². The second-order valence-corrected chi connectivity index (χ2v) is 4.56. The molecule has 0 aliphatic carbocycles. The van der Waals surface area contributed by atoms with Crippen LogP contribution in [0.1, 0.15) is 12.0 Å². The van der Waals surface area contributed by atoms with Crippen LogP contribution >= 0.6 is 15.9 Å². The summed E-state index contributed by atoms with van der Waals surface area (Å²) in [6.45, 7) is 3.40. The lowest BCUT2D eigenvalue weighted by Gasteiger charge is -2.05. The van der Waals surface area contributed by atoms with Crippen LogP contribution in [-0.4, -0.2) is 33.5 Å². The van der Waals surface area contributed by atoms with Crippen molar-refractivity contribution < 1.29 is 14.2 Å². The average molecular weight is 303 g/mol. The Labute approximate surface area is 111 Å². The van der Waals surface area contributed by atoms with Gasteiger partial charge in [0.1, 0.15) is 0 Å². The number of halogens is 1. The summed E-state index contributed by atoms with van der Waals surface area (Å²) in [6, 6.07) is 8.14. The summed E-state index contributed by atoms with van der Waals surface area (Å²) in [6.07, 6.45) is 0.914. The van der Waals surface area contributed by atoms with E-state index in [0.717, 1.165) is 24.1 Å². The molecule has 17 heavy (non-hydrogen) atoms. The van der Waals surface area contributed by atoms with Crippen LogP contribution in [0.4, 0.5) is 0 Å². The first kappa shape index (κ1) is 14.6. The Morgan fingerprint density at radius 2 is 1.88 bits per heavy atom. The monoisotopic (exact) mass is 302 g/mol. The molecule has 0 radical (unpaired) electrons. The van der Waals surface area contributed by atoms with E-state index in [9.17, 15) is 0 Å². The largest absolute Gasteiger partial charge is 0.382 e. The van der Waals surface area contributed by atoms with Gasteiger partial charge >= 0.3 is 0 Å². The average Bonchev–Trinajstić information content (AvgIpc) is 2.33. The van der Waals surface area contributed by atoms with E-state index in [4.69, 9.17) is 14.2 Å². The highest BCUT2D eigenvalue weighted by Gasteiger charge is 1.95. The summed E-state index contributed by atoms with van der Waals surface area (Å²) in [5.41, 5.74) is 1.18. The zero-order valence-electron chi connectivity index (χ0n) is 10.2. The molecule has 96 valence electrons. The van der Waals surface area contributed by atoms with Crippen molar-refractivity contribution >= 4 is 15.9 Å². The summed E-state index contributed by atoms with van der Waals surface area (Å²) < 4.78 is 16.8. The molecule has 0 heterocycles. The predicted molar refractivity (Wildman–Crippen MR) is 71.1 cm³/mol. The van der Waals surface area contributed by atoms with Gasteiger partial charge in [-0.3, -0.25) is 0 Å². The molecule has 0 spiro atoms. The molecule has 0 N–H and O–H groups in total. The highest BCUT2D eigenvalue weighted by Crippen LogP contribution is 2.12. The molecule has 1 aromatic carbocycles. The molecule has 0 saturated carbocycles. The van der Waals surface area contributed by atoms with Crippen molar-refractivity contribution in [3.8, 4) is 0 Å². The van der Waals surface area contributed by atoms with Crippen molar-refractivity contribution in [2.75, 3.05) is 33.5 Å². The summed E-state index contributed by atoms with van der Waals surface area (Å²) >= 11 is 3.43. The topological polar surface area (TPSA) is 27.7 Å². The minimum absolute atomic E-state index is 0.650. The molecule has 0 aliphatic rings. The van der Waals surface area contributed by atoms with E-state index in [1.165, 1.54) is 5.56 Å². The molecule has 0 unspecified atom stereocenters. The predicted octanol–water partition coefficient (Wildman–Crippen LogP) is 3.02. The van der Waals surface area contributed by atoms with E-state index < -0.39 is 0 Å². The minimum atomic E-state index is 0.650. The zero-order chi connectivity index (χ0) is 12.3. The first-order valence-electron chi connectivity index (χ1n) is 5.72. The third-order valence-corrected chi connectivity index (χ3v) is 2.66. The number of ether oxygens (including phenoxy) is 3. The van der Waals surface area contributed by atoms with Crippen LogP contribution in [-0.2, 0) is 20.8 Å². The fourth-order valence-corrected chi connectivity index (χ4v) is 1.77. The number of rotatable bonds is 9. The van der Waals surface area contributed by atoms with Gasteiger partial charge in [0.15, 0.2) is 0 Å². The Morgan fingerprint density at radius 1 is 1.06 bits per heavy atom. The van der Waals surface area contributed by atoms with Crippen LogP contribution in [0.3, 0.4) is 0 Å². The lowest BCUT2D eigenvalue weighted by Crippen LogP contribution is -2.05. The maximum atomic E-state index is 5.55. The van der Waals surface area contributed by atoms with E-state index >= 15 is 0 Å². The van der Waals surface area contributed by atoms with Crippen LogP contribution in [0.2, 0.25) is 0 Å². The third kappa shape index (κ3) is 7.49. The maximum absolute atomic E-state index is 5.55. The number of hydrogen-bond acceptors (Lipinski definition) is 3. The van der Waals surface area contributed by atoms with E-state index in [-0.39, 0.29) is 0 Å². The maximum Gasteiger partial charge on any atom is 0.0717 e. The van der Waals surface area contributed by atoms with Crippen molar-refractivity contribution in [3.05, 3.63) is 34.3 Å². The lowest BCUT2D eigenvalue weighted by molar-refractivity contribution is 0.0483. The fourth-order valence-electron chi connectivity index (χ4n) is 1.32. The van der Waals surface area contributed by atoms with Crippen molar-refractivity contribution in [2.24, 2.45) is 0 Å². The molecule has 3 nitrogen and oxygen atoms in total. The van der Waals surface area contributed by atoms with Gasteiger partial charge in [0.2, 0.25) is 0 Å². The van der Waals surface area contributed by atoms with E-state index in [0.29, 0.717) is 19.8 Å². The molecule has 0 bridgehead atoms. The van der Waals surface area contributed by atoms with Crippen molar-refractivity contribution in [1.29, 1.82) is 0 Å². The summed E-state index contributed by atoms with van der Waals surface area (Å²) in [4.78, 5) is 0. The Kier molecular flexibility index (Phi) is 8.26. The Bertz CT molecular complexity index is 304. The summed E-state index contributed by atoms with van der Waals surface area (Å²) in [5, 5.41) is 0. The summed E-state index contributed by atoms with van der Waals surface area (Å²) in [7, 11) is 1.67. The fraction of sp³-hybridized carbons (Fsp3) is 0.538. The van der Waals surface area contributed by atoms with Gasteiger partial charge in [-0.1, -0.05) is 28.1 Å². The molecule has 0 aromatic heterocycles. The van der Waals surface area contributed by atoms with E-state index in [1.807, 2.05) is 12.1 Å². The van der Waals surface area contributed by atoms with Gasteiger partial charge in [-0.15, -0.1) is 0 Å². The van der Waals surface area contributed by atoms with Gasteiger partial charge in [0.25, 0.3) is 0 Å². The van der Waals surface area contributed by atoms with Gasteiger partial charge in [0, 0.05) is 24.8 Å². The van der Waals surface area contributed by atoms with Crippen LogP contribution in [0.25, 0.3) is 0 Å². The van der Waals surface area contributed by atoms with Gasteiger partial charge < -0.3 is 14.2 Å². The van der Waals surface area contributed by atoms with Gasteiger partial charge in [-0.2, -0.15) is 0 Å². The molecule has 4 heteroatoms. The van der Waals surface area contributed by atoms with E-state index in [1.54, 1.807) is 7.11 Å². The number of hydrogen-bond donors (Lipinski definition) is 0. The van der Waals surface area contributed by atoms with E-state index in [2.05, 4.69) is 28.1 Å². The SMILES string of the molecule is COCCOCCCOCc1cccc(Br)c1. The van der Waals surface area contributed by atoms with Gasteiger partial charge in [-0.05, 0) is 24.1 Å². The zero-order valence-corrected chi connectivity index (χ0v) is 11.7. The van der Waals surface area contributed by atoms with Crippen LogP contribution < -0.4 is 0 Å². The highest BCUT2D eigenvalue weighted by atomic mass is 79.9. The quantitative estimate of drug-likeness (QED) is 0.656. The molecule has 0 saturated heterocycles. The second kappa shape index (κ2) is 9.59. The Balaban J connectivity index is 1.97. The number of methoxy groups -OCH3 is 1. The molecule has 0 atom stereocenters. The standard InChI is InChI=1S/C13H19BrO3/c1-15-8-9-16-6-3-7-17-11-12-4-2-5-13(14)10-12/h2,4-5,10H,3,6-9,11H2,1H3. The lowest BCUT2D eigenvalue weighted by atomic mass is 10.2. The van der Waals surface area contributed by atoms with Gasteiger partial charge in [0.05, 0.1) is 19.8 Å². The first-order chi connectivity index (χ1) is 8.33. The van der Waals surface area contributed by atoms with Crippen LogP contribution in [0.5, 0.6) is 0 Å².